The molecule has 1 atom stereocenters. The van der Waals surface area contributed by atoms with Gasteiger partial charge in [-0.15, -0.1) is 0 Å². The summed E-state index contributed by atoms with van der Waals surface area (Å²) in [7, 11) is 1.32. The van der Waals surface area contributed by atoms with Gasteiger partial charge in [-0.25, -0.2) is 0 Å². The average Bonchev–Trinajstić information content (AvgIpc) is 2.43. The molecular weight excluding hydrogens is 291 g/mol. The highest BCUT2D eigenvalue weighted by molar-refractivity contribution is 6.64. The van der Waals surface area contributed by atoms with Crippen LogP contribution in [0.1, 0.15) is 44.7 Å². The SMILES string of the molecule is Cc1ccc(N)cc1CC[C@H](CC(=O)OC(C)(C)C)N[B]C=O. The van der Waals surface area contributed by atoms with Gasteiger partial charge in [-0.2, -0.15) is 0 Å². The number of hydrogen-bond acceptors (Lipinski definition) is 5. The number of carbonyl (C=O) groups excluding carboxylic acids is 2. The second kappa shape index (κ2) is 8.72. The topological polar surface area (TPSA) is 81.4 Å². The Hall–Kier alpha value is -1.82. The molecule has 23 heavy (non-hydrogen) atoms. The number of hydrogen-bond donors (Lipinski definition) is 2. The van der Waals surface area contributed by atoms with Crippen LogP contribution in [-0.4, -0.2) is 31.2 Å². The fraction of sp³-hybridized carbons (Fsp3) is 0.529. The molecular formula is C17H26BN2O3. The van der Waals surface area contributed by atoms with E-state index >= 15 is 0 Å². The molecule has 3 N–H and O–H groups in total. The van der Waals surface area contributed by atoms with Crippen molar-refractivity contribution in [2.24, 2.45) is 0 Å². The third kappa shape index (κ3) is 7.84. The van der Waals surface area contributed by atoms with Gasteiger partial charge in [-0.3, -0.25) is 4.79 Å². The van der Waals surface area contributed by atoms with Gasteiger partial charge in [-0.1, -0.05) is 6.07 Å². The van der Waals surface area contributed by atoms with E-state index in [1.54, 1.807) is 0 Å². The van der Waals surface area contributed by atoms with Crippen molar-refractivity contribution in [3.8, 4) is 0 Å². The number of ether oxygens (including phenoxy) is 1. The maximum atomic E-state index is 12.0. The van der Waals surface area contributed by atoms with E-state index in [1.807, 2.05) is 45.9 Å². The van der Waals surface area contributed by atoms with Gasteiger partial charge in [0.25, 0.3) is 7.41 Å². The van der Waals surface area contributed by atoms with Gasteiger partial charge < -0.3 is 20.5 Å². The second-order valence-corrected chi connectivity index (χ2v) is 6.68. The zero-order valence-electron chi connectivity index (χ0n) is 14.4. The van der Waals surface area contributed by atoms with Crippen LogP contribution in [-0.2, 0) is 20.7 Å². The molecule has 0 aliphatic heterocycles. The van der Waals surface area contributed by atoms with Gasteiger partial charge in [0.1, 0.15) is 5.60 Å². The summed E-state index contributed by atoms with van der Waals surface area (Å²) in [6.07, 6.45) is 2.36. The number of nitrogens with one attached hydrogen (secondary N) is 1. The molecule has 0 unspecified atom stereocenters. The molecule has 0 saturated carbocycles. The molecule has 0 spiro atoms. The molecule has 5 nitrogen and oxygen atoms in total. The van der Waals surface area contributed by atoms with E-state index in [-0.39, 0.29) is 18.4 Å². The highest BCUT2D eigenvalue weighted by Gasteiger charge is 2.20. The predicted molar refractivity (Wildman–Crippen MR) is 93.8 cm³/mol. The lowest BCUT2D eigenvalue weighted by Crippen LogP contribution is -2.37. The summed E-state index contributed by atoms with van der Waals surface area (Å²) in [5.74, 6) is -0.279. The molecule has 0 aliphatic rings. The molecule has 6 heteroatoms. The highest BCUT2D eigenvalue weighted by Crippen LogP contribution is 2.17. The van der Waals surface area contributed by atoms with Crippen LogP contribution in [0.15, 0.2) is 18.2 Å². The Bertz CT molecular complexity index is 541. The number of anilines is 1. The zero-order chi connectivity index (χ0) is 17.5. The molecule has 1 aromatic rings. The Kier molecular flexibility index (Phi) is 7.29. The lowest BCUT2D eigenvalue weighted by molar-refractivity contribution is -0.155. The number of benzene rings is 1. The first-order valence-corrected chi connectivity index (χ1v) is 7.81. The molecule has 0 saturated heterocycles. The van der Waals surface area contributed by atoms with Crippen LogP contribution >= 0.6 is 0 Å². The summed E-state index contributed by atoms with van der Waals surface area (Å²) in [6.45, 7) is 7.53. The van der Waals surface area contributed by atoms with Crippen molar-refractivity contribution in [2.45, 2.75) is 58.6 Å². The third-order valence-electron chi connectivity index (χ3n) is 3.37. The molecule has 0 fully saturated rings. The Balaban J connectivity index is 2.65. The fourth-order valence-electron chi connectivity index (χ4n) is 2.29. The van der Waals surface area contributed by atoms with Crippen molar-refractivity contribution >= 4 is 25.3 Å². The van der Waals surface area contributed by atoms with Crippen molar-refractivity contribution in [1.82, 2.24) is 5.23 Å². The molecule has 0 amide bonds. The van der Waals surface area contributed by atoms with Crippen LogP contribution < -0.4 is 11.0 Å². The lowest BCUT2D eigenvalue weighted by atomic mass is 9.92. The first-order valence-electron chi connectivity index (χ1n) is 7.81. The molecule has 1 rings (SSSR count). The first kappa shape index (κ1) is 19.2. The number of esters is 1. The van der Waals surface area contributed by atoms with Gasteiger partial charge in [0.15, 0.2) is 0 Å². The van der Waals surface area contributed by atoms with E-state index in [2.05, 4.69) is 5.23 Å². The summed E-state index contributed by atoms with van der Waals surface area (Å²) in [5.41, 5.74) is 8.34. The van der Waals surface area contributed by atoms with Crippen LogP contribution in [0.25, 0.3) is 0 Å². The molecule has 1 radical (unpaired) electrons. The smallest absolute Gasteiger partial charge is 0.307 e. The van der Waals surface area contributed by atoms with Crippen LogP contribution in [0.4, 0.5) is 5.69 Å². The summed E-state index contributed by atoms with van der Waals surface area (Å²) < 4.78 is 5.34. The van der Waals surface area contributed by atoms with Crippen molar-refractivity contribution in [1.29, 1.82) is 0 Å². The largest absolute Gasteiger partial charge is 0.460 e. The Labute approximate surface area is 139 Å². The molecule has 125 valence electrons. The van der Waals surface area contributed by atoms with Crippen molar-refractivity contribution in [3.63, 3.8) is 0 Å². The number of carbonyl (C=O) groups is 2. The Morgan fingerprint density at radius 1 is 1.43 bits per heavy atom. The maximum Gasteiger partial charge on any atom is 0.307 e. The minimum atomic E-state index is -0.513. The number of nitrogen functional groups attached to an aromatic ring is 1. The van der Waals surface area contributed by atoms with Gasteiger partial charge in [0, 0.05) is 11.7 Å². The summed E-state index contributed by atoms with van der Waals surface area (Å²) >= 11 is 0. The molecule has 1 aromatic carbocycles. The fourth-order valence-corrected chi connectivity index (χ4v) is 2.29. The number of nitrogens with two attached hydrogens (primary N) is 1. The number of aryl methyl sites for hydroxylation is 2. The molecule has 0 bridgehead atoms. The van der Waals surface area contributed by atoms with Gasteiger partial charge in [-0.05, 0) is 63.8 Å². The average molecular weight is 317 g/mol. The van der Waals surface area contributed by atoms with Crippen molar-refractivity contribution in [3.05, 3.63) is 29.3 Å². The van der Waals surface area contributed by atoms with Gasteiger partial charge in [0.2, 0.25) is 0 Å². The van der Waals surface area contributed by atoms with Gasteiger partial charge in [0.05, 0.1) is 12.6 Å². The Morgan fingerprint density at radius 2 is 2.13 bits per heavy atom. The monoisotopic (exact) mass is 317 g/mol. The van der Waals surface area contributed by atoms with Crippen molar-refractivity contribution < 1.29 is 14.3 Å². The lowest BCUT2D eigenvalue weighted by Gasteiger charge is -2.23. The van der Waals surface area contributed by atoms with Crippen LogP contribution in [0.2, 0.25) is 0 Å². The van der Waals surface area contributed by atoms with E-state index < -0.39 is 5.60 Å². The van der Waals surface area contributed by atoms with Gasteiger partial charge >= 0.3 is 5.97 Å². The summed E-state index contributed by atoms with van der Waals surface area (Å²) in [4.78, 5) is 22.5. The van der Waals surface area contributed by atoms with Crippen LogP contribution in [0.3, 0.4) is 0 Å². The highest BCUT2D eigenvalue weighted by atomic mass is 16.6. The second-order valence-electron chi connectivity index (χ2n) is 6.68. The van der Waals surface area contributed by atoms with E-state index in [4.69, 9.17) is 10.5 Å². The first-order chi connectivity index (χ1) is 10.7. The van der Waals surface area contributed by atoms with E-state index in [9.17, 15) is 9.59 Å². The summed E-state index contributed by atoms with van der Waals surface area (Å²) in [6, 6.07) is 5.65. The third-order valence-corrected chi connectivity index (χ3v) is 3.37. The quantitative estimate of drug-likeness (QED) is 0.332. The summed E-state index contributed by atoms with van der Waals surface area (Å²) in [5, 5.41) is 2.97. The number of rotatable bonds is 8. The van der Waals surface area contributed by atoms with Crippen molar-refractivity contribution in [2.75, 3.05) is 5.73 Å². The maximum absolute atomic E-state index is 12.0. The normalized spacial score (nSPS) is 12.5. The minimum Gasteiger partial charge on any atom is -0.460 e. The van der Waals surface area contributed by atoms with E-state index in [0.29, 0.717) is 12.6 Å². The minimum absolute atomic E-state index is 0.157. The standard InChI is InChI=1S/C17H26BN2O3/c1-12-5-7-14(19)9-13(12)6-8-15(20-18-11-21)10-16(22)23-17(2,3)4/h5,7,9,11,15,20H,6,8,10,19H2,1-4H3/t15-/m1/s1. The van der Waals surface area contributed by atoms with Crippen LogP contribution in [0.5, 0.6) is 0 Å². The zero-order valence-corrected chi connectivity index (χ0v) is 14.4. The Morgan fingerprint density at radius 3 is 2.74 bits per heavy atom. The van der Waals surface area contributed by atoms with E-state index in [1.165, 1.54) is 7.41 Å². The predicted octanol–water partition coefficient (Wildman–Crippen LogP) is 2.01. The van der Waals surface area contributed by atoms with E-state index in [0.717, 1.165) is 23.2 Å². The van der Waals surface area contributed by atoms with Crippen LogP contribution in [0, 0.1) is 6.92 Å². The molecule has 0 heterocycles. The molecule has 0 aromatic heterocycles. The molecule has 0 aliphatic carbocycles.